The van der Waals surface area contributed by atoms with Crippen molar-refractivity contribution in [2.24, 2.45) is 0 Å². The summed E-state index contributed by atoms with van der Waals surface area (Å²) in [4.78, 5) is 12.8. The molecule has 0 saturated heterocycles. The second kappa shape index (κ2) is 6.16. The molecule has 0 heterocycles. The highest BCUT2D eigenvalue weighted by Gasteiger charge is 2.47. The summed E-state index contributed by atoms with van der Waals surface area (Å²) in [6.45, 7) is 3.36. The molecule has 0 spiro atoms. The number of carbonyl (C=O) groups is 1. The summed E-state index contributed by atoms with van der Waals surface area (Å²) in [5, 5.41) is 21.9. The third-order valence-corrected chi connectivity index (χ3v) is 4.87. The zero-order valence-corrected chi connectivity index (χ0v) is 12.9. The average Bonchev–Trinajstić information content (AvgIpc) is 2.44. The Bertz CT molecular complexity index is 496. The minimum Gasteiger partial charge on any atom is -0.394 e. The maximum Gasteiger partial charge on any atom is 0.231 e. The number of hydrogen-bond donors (Lipinski definition) is 3. The van der Waals surface area contributed by atoms with Crippen molar-refractivity contribution >= 4 is 5.91 Å². The number of nitrogens with one attached hydrogen (secondary N) is 1. The van der Waals surface area contributed by atoms with Gasteiger partial charge in [0.2, 0.25) is 5.91 Å². The van der Waals surface area contributed by atoms with Crippen LogP contribution in [0.4, 0.5) is 0 Å². The van der Waals surface area contributed by atoms with Gasteiger partial charge in [-0.3, -0.25) is 4.79 Å². The summed E-state index contributed by atoms with van der Waals surface area (Å²) in [5.74, 6) is -0.0794. The van der Waals surface area contributed by atoms with Crippen LogP contribution in [-0.2, 0) is 10.2 Å². The molecule has 2 rings (SSSR count). The van der Waals surface area contributed by atoms with Crippen molar-refractivity contribution in [3.05, 3.63) is 35.4 Å². The Hall–Kier alpha value is -1.39. The Balaban J connectivity index is 2.27. The Morgan fingerprint density at radius 1 is 1.33 bits per heavy atom. The van der Waals surface area contributed by atoms with Crippen LogP contribution in [0.5, 0.6) is 0 Å². The fourth-order valence-electron chi connectivity index (χ4n) is 2.92. The predicted octanol–water partition coefficient (Wildman–Crippen LogP) is 1.67. The van der Waals surface area contributed by atoms with E-state index in [1.165, 1.54) is 0 Å². The molecule has 21 heavy (non-hydrogen) atoms. The number of rotatable bonds is 6. The number of aliphatic hydroxyl groups excluding tert-OH is 2. The van der Waals surface area contributed by atoms with Crippen molar-refractivity contribution in [1.29, 1.82) is 0 Å². The Morgan fingerprint density at radius 3 is 2.43 bits per heavy atom. The maximum absolute atomic E-state index is 12.8. The fourth-order valence-corrected chi connectivity index (χ4v) is 2.92. The monoisotopic (exact) mass is 291 g/mol. The normalized spacial score (nSPS) is 17.1. The molecule has 0 radical (unpaired) electrons. The molecule has 3 N–H and O–H groups in total. The molecule has 4 heteroatoms. The van der Waals surface area contributed by atoms with Crippen molar-refractivity contribution in [3.63, 3.8) is 0 Å². The van der Waals surface area contributed by atoms with Gasteiger partial charge >= 0.3 is 0 Å². The second-order valence-corrected chi connectivity index (χ2v) is 6.21. The van der Waals surface area contributed by atoms with E-state index in [2.05, 4.69) is 11.4 Å². The van der Waals surface area contributed by atoms with Gasteiger partial charge in [-0.25, -0.2) is 0 Å². The first-order valence-corrected chi connectivity index (χ1v) is 7.63. The summed E-state index contributed by atoms with van der Waals surface area (Å²) >= 11 is 0. The Kier molecular flexibility index (Phi) is 4.69. The van der Waals surface area contributed by atoms with Crippen LogP contribution < -0.4 is 5.32 Å². The third kappa shape index (κ3) is 2.83. The highest BCUT2D eigenvalue weighted by Crippen LogP contribution is 2.44. The number of carbonyl (C=O) groups excluding carboxylic acids is 1. The lowest BCUT2D eigenvalue weighted by Gasteiger charge is -2.43. The van der Waals surface area contributed by atoms with E-state index in [0.717, 1.165) is 30.4 Å². The van der Waals surface area contributed by atoms with Crippen molar-refractivity contribution in [2.75, 3.05) is 13.2 Å². The van der Waals surface area contributed by atoms with Gasteiger partial charge < -0.3 is 15.5 Å². The van der Waals surface area contributed by atoms with Crippen LogP contribution in [0.1, 0.15) is 43.7 Å². The summed E-state index contributed by atoms with van der Waals surface area (Å²) in [7, 11) is 0. The molecule has 0 aliphatic heterocycles. The van der Waals surface area contributed by atoms with Crippen molar-refractivity contribution in [3.8, 4) is 0 Å². The van der Waals surface area contributed by atoms with Crippen LogP contribution in [0, 0.1) is 6.92 Å². The second-order valence-electron chi connectivity index (χ2n) is 6.21. The van der Waals surface area contributed by atoms with E-state index < -0.39 is 11.0 Å². The van der Waals surface area contributed by atoms with E-state index >= 15 is 0 Å². The van der Waals surface area contributed by atoms with Gasteiger partial charge in [0.25, 0.3) is 0 Å². The molecular formula is C17H25NO3. The Labute approximate surface area is 126 Å². The molecule has 0 atom stereocenters. The third-order valence-electron chi connectivity index (χ3n) is 4.87. The van der Waals surface area contributed by atoms with Gasteiger partial charge in [-0.05, 0) is 31.7 Å². The van der Waals surface area contributed by atoms with Gasteiger partial charge in [-0.2, -0.15) is 0 Å². The van der Waals surface area contributed by atoms with Crippen molar-refractivity contribution in [2.45, 2.75) is 50.5 Å². The average molecular weight is 291 g/mol. The number of hydrogen-bond acceptors (Lipinski definition) is 3. The lowest BCUT2D eigenvalue weighted by atomic mass is 9.63. The number of aryl methyl sites for hydroxylation is 1. The molecule has 1 saturated carbocycles. The zero-order chi connectivity index (χ0) is 15.5. The van der Waals surface area contributed by atoms with Gasteiger partial charge in [0.15, 0.2) is 0 Å². The molecular weight excluding hydrogens is 266 g/mol. The van der Waals surface area contributed by atoms with Crippen molar-refractivity contribution in [1.82, 2.24) is 5.32 Å². The van der Waals surface area contributed by atoms with E-state index in [1.54, 1.807) is 0 Å². The highest BCUT2D eigenvalue weighted by molar-refractivity contribution is 5.90. The molecule has 1 amide bonds. The van der Waals surface area contributed by atoms with E-state index in [0.29, 0.717) is 6.42 Å². The first-order chi connectivity index (χ1) is 10.0. The van der Waals surface area contributed by atoms with Gasteiger partial charge in [0, 0.05) is 0 Å². The van der Waals surface area contributed by atoms with Gasteiger partial charge in [-0.15, -0.1) is 0 Å². The standard InChI is InChI=1S/C17H25NO3/c1-3-16(11-19,12-20)18-15(21)17(8-5-9-17)14-7-4-6-13(2)10-14/h4,6-7,10,19-20H,3,5,8-9,11-12H2,1-2H3,(H,18,21). The minimum absolute atomic E-state index is 0.0794. The summed E-state index contributed by atoms with van der Waals surface area (Å²) in [6, 6.07) is 8.05. The molecule has 1 aromatic rings. The summed E-state index contributed by atoms with van der Waals surface area (Å²) in [6.07, 6.45) is 3.16. The minimum atomic E-state index is -0.927. The fraction of sp³-hybridized carbons (Fsp3) is 0.588. The highest BCUT2D eigenvalue weighted by atomic mass is 16.3. The molecule has 4 nitrogen and oxygen atoms in total. The van der Waals surface area contributed by atoms with E-state index in [-0.39, 0.29) is 19.1 Å². The lowest BCUT2D eigenvalue weighted by Crippen LogP contribution is -2.60. The SMILES string of the molecule is CCC(CO)(CO)NC(=O)C1(c2cccc(C)c2)CCC1. The molecule has 116 valence electrons. The topological polar surface area (TPSA) is 69.6 Å². The molecule has 1 fully saturated rings. The lowest BCUT2D eigenvalue weighted by molar-refractivity contribution is -0.133. The molecule has 0 bridgehead atoms. The molecule has 0 unspecified atom stereocenters. The number of benzene rings is 1. The van der Waals surface area contributed by atoms with Gasteiger partial charge in [0.05, 0.1) is 24.2 Å². The van der Waals surface area contributed by atoms with Crippen LogP contribution >= 0.6 is 0 Å². The largest absolute Gasteiger partial charge is 0.394 e. The summed E-state index contributed by atoms with van der Waals surface area (Å²) in [5.41, 5.74) is 0.741. The van der Waals surface area contributed by atoms with Crippen LogP contribution in [0.15, 0.2) is 24.3 Å². The number of amides is 1. The van der Waals surface area contributed by atoms with Crippen LogP contribution in [0.25, 0.3) is 0 Å². The first kappa shape index (κ1) is 16.0. The van der Waals surface area contributed by atoms with E-state index in [9.17, 15) is 15.0 Å². The van der Waals surface area contributed by atoms with E-state index in [1.807, 2.05) is 32.0 Å². The number of aliphatic hydroxyl groups is 2. The van der Waals surface area contributed by atoms with Gasteiger partial charge in [0.1, 0.15) is 0 Å². The van der Waals surface area contributed by atoms with Crippen LogP contribution in [0.3, 0.4) is 0 Å². The summed E-state index contributed by atoms with van der Waals surface area (Å²) < 4.78 is 0. The van der Waals surface area contributed by atoms with Crippen molar-refractivity contribution < 1.29 is 15.0 Å². The zero-order valence-electron chi connectivity index (χ0n) is 12.9. The molecule has 1 aliphatic rings. The maximum atomic E-state index is 12.8. The quantitative estimate of drug-likeness (QED) is 0.746. The van der Waals surface area contributed by atoms with Gasteiger partial charge in [-0.1, -0.05) is 43.2 Å². The van der Waals surface area contributed by atoms with Crippen LogP contribution in [0.2, 0.25) is 0 Å². The van der Waals surface area contributed by atoms with Crippen LogP contribution in [-0.4, -0.2) is 34.9 Å². The predicted molar refractivity (Wildman–Crippen MR) is 82.0 cm³/mol. The van der Waals surface area contributed by atoms with E-state index in [4.69, 9.17) is 0 Å². The first-order valence-electron chi connectivity index (χ1n) is 7.63. The smallest absolute Gasteiger partial charge is 0.231 e. The Morgan fingerprint density at radius 2 is 2.00 bits per heavy atom. The molecule has 1 aliphatic carbocycles. The molecule has 0 aromatic heterocycles. The molecule has 1 aromatic carbocycles.